The summed E-state index contributed by atoms with van der Waals surface area (Å²) in [5.74, 6) is -0.501. The van der Waals surface area contributed by atoms with Crippen LogP contribution in [-0.4, -0.2) is 60.8 Å². The van der Waals surface area contributed by atoms with Crippen molar-refractivity contribution in [2.75, 3.05) is 26.2 Å². The van der Waals surface area contributed by atoms with E-state index in [1.54, 1.807) is 49.0 Å². The first-order valence-corrected chi connectivity index (χ1v) is 14.1. The number of carbonyl (C=O) groups is 1. The van der Waals surface area contributed by atoms with Gasteiger partial charge in [-0.05, 0) is 43.2 Å². The molecule has 0 spiro atoms. The Morgan fingerprint density at radius 3 is 2.63 bits per heavy atom. The summed E-state index contributed by atoms with van der Waals surface area (Å²) in [4.78, 5) is 13.0. The molecule has 0 saturated carbocycles. The SMILES string of the molecule is CCN(CC)S(=O)(=O)c1cccc(-c2nn(-c3ccccc3)cc2C=C(C#N)C(=O)NCC2CCCO2)c1. The monoisotopic (exact) mass is 533 g/mol. The maximum absolute atomic E-state index is 13.2. The van der Waals surface area contributed by atoms with E-state index < -0.39 is 15.9 Å². The summed E-state index contributed by atoms with van der Waals surface area (Å²) in [6.07, 6.45) is 4.98. The fraction of sp³-hybridized carbons (Fsp3) is 0.321. The van der Waals surface area contributed by atoms with E-state index in [0.29, 0.717) is 43.1 Å². The van der Waals surface area contributed by atoms with Gasteiger partial charge in [0.25, 0.3) is 5.91 Å². The van der Waals surface area contributed by atoms with Gasteiger partial charge in [0, 0.05) is 43.6 Å². The van der Waals surface area contributed by atoms with E-state index in [4.69, 9.17) is 9.84 Å². The number of para-hydroxylation sites is 1. The number of aromatic nitrogens is 2. The third-order valence-corrected chi connectivity index (χ3v) is 8.44. The molecule has 1 aromatic heterocycles. The first-order chi connectivity index (χ1) is 18.4. The van der Waals surface area contributed by atoms with Crippen molar-refractivity contribution in [3.8, 4) is 23.0 Å². The van der Waals surface area contributed by atoms with E-state index in [-0.39, 0.29) is 16.6 Å². The van der Waals surface area contributed by atoms with Crippen LogP contribution in [0.5, 0.6) is 0 Å². The number of hydrogen-bond acceptors (Lipinski definition) is 6. The predicted molar refractivity (Wildman–Crippen MR) is 145 cm³/mol. The van der Waals surface area contributed by atoms with Crippen LogP contribution in [0.15, 0.2) is 71.3 Å². The number of carbonyl (C=O) groups excluding carboxylic acids is 1. The van der Waals surface area contributed by atoms with Crippen LogP contribution in [-0.2, 0) is 19.6 Å². The summed E-state index contributed by atoms with van der Waals surface area (Å²) in [7, 11) is -3.69. The Kier molecular flexibility index (Phi) is 8.73. The molecule has 2 heterocycles. The highest BCUT2D eigenvalue weighted by Gasteiger charge is 2.23. The number of rotatable bonds is 10. The number of sulfonamides is 1. The summed E-state index contributed by atoms with van der Waals surface area (Å²) < 4.78 is 34.9. The normalized spacial score (nSPS) is 15.9. The fourth-order valence-electron chi connectivity index (χ4n) is 4.36. The number of nitrogens with one attached hydrogen (secondary N) is 1. The average molecular weight is 534 g/mol. The molecule has 1 unspecified atom stereocenters. The van der Waals surface area contributed by atoms with Gasteiger partial charge in [0.1, 0.15) is 17.3 Å². The molecule has 1 aliphatic rings. The topological polar surface area (TPSA) is 117 Å². The van der Waals surface area contributed by atoms with Gasteiger partial charge in [-0.25, -0.2) is 13.1 Å². The highest BCUT2D eigenvalue weighted by molar-refractivity contribution is 7.89. The predicted octanol–water partition coefficient (Wildman–Crippen LogP) is 3.77. The number of nitriles is 1. The molecule has 1 saturated heterocycles. The molecule has 3 aromatic rings. The van der Waals surface area contributed by atoms with Crippen molar-refractivity contribution in [2.45, 2.75) is 37.7 Å². The van der Waals surface area contributed by atoms with Gasteiger partial charge in [-0.15, -0.1) is 0 Å². The summed E-state index contributed by atoms with van der Waals surface area (Å²) in [6.45, 7) is 5.30. The summed E-state index contributed by atoms with van der Waals surface area (Å²) in [5.41, 5.74) is 2.21. The van der Waals surface area contributed by atoms with Gasteiger partial charge in [-0.3, -0.25) is 4.79 Å². The largest absolute Gasteiger partial charge is 0.376 e. The average Bonchev–Trinajstić information content (AvgIpc) is 3.62. The molecule has 1 amide bonds. The molecule has 1 atom stereocenters. The lowest BCUT2D eigenvalue weighted by atomic mass is 10.1. The van der Waals surface area contributed by atoms with Crippen molar-refractivity contribution in [1.82, 2.24) is 19.4 Å². The molecular formula is C28H31N5O4S. The first kappa shape index (κ1) is 27.3. The van der Waals surface area contributed by atoms with Crippen LogP contribution >= 0.6 is 0 Å². The van der Waals surface area contributed by atoms with Crippen molar-refractivity contribution in [2.24, 2.45) is 0 Å². The second kappa shape index (κ2) is 12.2. The van der Waals surface area contributed by atoms with Crippen LogP contribution in [0.1, 0.15) is 32.3 Å². The maximum Gasteiger partial charge on any atom is 0.262 e. The zero-order valence-electron chi connectivity index (χ0n) is 21.5. The molecule has 10 heteroatoms. The Balaban J connectivity index is 1.75. The van der Waals surface area contributed by atoms with Crippen LogP contribution in [0, 0.1) is 11.3 Å². The third-order valence-electron chi connectivity index (χ3n) is 6.39. The van der Waals surface area contributed by atoms with E-state index in [1.807, 2.05) is 36.4 Å². The third kappa shape index (κ3) is 6.02. The van der Waals surface area contributed by atoms with Crippen molar-refractivity contribution in [3.05, 3.63) is 71.9 Å². The van der Waals surface area contributed by atoms with E-state index >= 15 is 0 Å². The number of benzene rings is 2. The van der Waals surface area contributed by atoms with E-state index in [1.165, 1.54) is 10.4 Å². The quantitative estimate of drug-likeness (QED) is 0.313. The van der Waals surface area contributed by atoms with Crippen molar-refractivity contribution in [3.63, 3.8) is 0 Å². The zero-order chi connectivity index (χ0) is 27.1. The molecule has 0 aliphatic carbocycles. The van der Waals surface area contributed by atoms with Crippen LogP contribution in [0.3, 0.4) is 0 Å². The first-order valence-electron chi connectivity index (χ1n) is 12.6. The zero-order valence-corrected chi connectivity index (χ0v) is 22.3. The number of nitrogens with zero attached hydrogens (tertiary/aromatic N) is 4. The summed E-state index contributed by atoms with van der Waals surface area (Å²) in [6, 6.07) is 18.0. The minimum absolute atomic E-state index is 0.0502. The van der Waals surface area contributed by atoms with Gasteiger partial charge in [-0.2, -0.15) is 14.7 Å². The number of hydrogen-bond donors (Lipinski definition) is 1. The van der Waals surface area contributed by atoms with Gasteiger partial charge in [0.2, 0.25) is 10.0 Å². The van der Waals surface area contributed by atoms with Crippen molar-refractivity contribution in [1.29, 1.82) is 5.26 Å². The number of amides is 1. The van der Waals surface area contributed by atoms with Crippen molar-refractivity contribution >= 4 is 22.0 Å². The Bertz CT molecular complexity index is 1450. The van der Waals surface area contributed by atoms with Gasteiger partial charge >= 0.3 is 0 Å². The Hall–Kier alpha value is -3.78. The van der Waals surface area contributed by atoms with Gasteiger partial charge in [-0.1, -0.05) is 44.2 Å². The molecular weight excluding hydrogens is 502 g/mol. The minimum Gasteiger partial charge on any atom is -0.376 e. The molecule has 198 valence electrons. The molecule has 38 heavy (non-hydrogen) atoms. The van der Waals surface area contributed by atoms with Crippen LogP contribution in [0.25, 0.3) is 23.0 Å². The van der Waals surface area contributed by atoms with Gasteiger partial charge in [0.15, 0.2) is 0 Å². The van der Waals surface area contributed by atoms with Crippen molar-refractivity contribution < 1.29 is 17.9 Å². The van der Waals surface area contributed by atoms with Crippen LogP contribution in [0.2, 0.25) is 0 Å². The molecule has 2 aromatic carbocycles. The molecule has 1 aliphatic heterocycles. The lowest BCUT2D eigenvalue weighted by Crippen LogP contribution is -2.32. The second-order valence-electron chi connectivity index (χ2n) is 8.85. The van der Waals surface area contributed by atoms with Crippen LogP contribution < -0.4 is 5.32 Å². The van der Waals surface area contributed by atoms with Crippen LogP contribution in [0.4, 0.5) is 0 Å². The highest BCUT2D eigenvalue weighted by Crippen LogP contribution is 2.28. The van der Waals surface area contributed by atoms with E-state index in [0.717, 1.165) is 18.5 Å². The fourth-order valence-corrected chi connectivity index (χ4v) is 5.86. The Morgan fingerprint density at radius 2 is 1.97 bits per heavy atom. The standard InChI is InChI=1S/C28H31N5O4S/c1-3-32(4-2)38(35,36)26-14-8-10-21(17-26)27-23(20-33(31-27)24-11-6-5-7-12-24)16-22(18-29)28(34)30-19-25-13-9-15-37-25/h5-8,10-12,14,16-17,20,25H,3-4,9,13,15,19H2,1-2H3,(H,30,34). The maximum atomic E-state index is 13.2. The highest BCUT2D eigenvalue weighted by atomic mass is 32.2. The summed E-state index contributed by atoms with van der Waals surface area (Å²) >= 11 is 0. The van der Waals surface area contributed by atoms with Gasteiger partial charge in [0.05, 0.1) is 16.7 Å². The van der Waals surface area contributed by atoms with E-state index in [2.05, 4.69) is 5.32 Å². The minimum atomic E-state index is -3.69. The molecule has 1 fully saturated rings. The smallest absolute Gasteiger partial charge is 0.262 e. The molecule has 9 nitrogen and oxygen atoms in total. The Morgan fingerprint density at radius 1 is 1.21 bits per heavy atom. The lowest BCUT2D eigenvalue weighted by Gasteiger charge is -2.18. The van der Waals surface area contributed by atoms with Gasteiger partial charge < -0.3 is 10.1 Å². The lowest BCUT2D eigenvalue weighted by molar-refractivity contribution is -0.117. The number of ether oxygens (including phenoxy) is 1. The summed E-state index contributed by atoms with van der Waals surface area (Å²) in [5, 5.41) is 17.3. The Labute approximate surface area is 223 Å². The molecule has 1 N–H and O–H groups in total. The van der Waals surface area contributed by atoms with E-state index in [9.17, 15) is 18.5 Å². The molecule has 0 bridgehead atoms. The second-order valence-corrected chi connectivity index (χ2v) is 10.8. The molecule has 4 rings (SSSR count). The molecule has 0 radical (unpaired) electrons.